The molecule has 7 heteroatoms. The highest BCUT2D eigenvalue weighted by molar-refractivity contribution is 7.98. The number of anilines is 1. The molecule has 0 aliphatic heterocycles. The molecular formula is C23H21N3O2S2. The molecule has 2 aromatic heterocycles. The third kappa shape index (κ3) is 4.32. The molecule has 0 fully saturated rings. The van der Waals surface area contributed by atoms with Crippen molar-refractivity contribution in [3.8, 4) is 5.75 Å². The lowest BCUT2D eigenvalue weighted by Gasteiger charge is -2.19. The minimum Gasteiger partial charge on any atom is -0.492 e. The van der Waals surface area contributed by atoms with E-state index >= 15 is 0 Å². The van der Waals surface area contributed by atoms with Crippen molar-refractivity contribution in [3.05, 3.63) is 78.1 Å². The van der Waals surface area contributed by atoms with E-state index in [2.05, 4.69) is 4.98 Å². The smallest absolute Gasteiger partial charge is 0.260 e. The van der Waals surface area contributed by atoms with Crippen LogP contribution in [0.3, 0.4) is 0 Å². The molecular weight excluding hydrogens is 414 g/mol. The number of benzene rings is 2. The molecule has 30 heavy (non-hydrogen) atoms. The highest BCUT2D eigenvalue weighted by atomic mass is 32.2. The summed E-state index contributed by atoms with van der Waals surface area (Å²) in [7, 11) is 0. The van der Waals surface area contributed by atoms with Crippen molar-refractivity contribution in [2.24, 2.45) is 0 Å². The molecule has 0 saturated carbocycles. The SMILES string of the molecule is CCOc1cccc2sc(N(Cc3ccccn3)C(=O)c3ccc(SC)cc3)nc12. The Hall–Kier alpha value is -2.90. The second kappa shape index (κ2) is 9.28. The molecule has 0 atom stereocenters. The molecule has 0 saturated heterocycles. The van der Waals surface area contributed by atoms with Gasteiger partial charge < -0.3 is 4.74 Å². The van der Waals surface area contributed by atoms with Crippen molar-refractivity contribution >= 4 is 44.4 Å². The molecule has 0 spiro atoms. The Labute approximate surface area is 183 Å². The number of fused-ring (bicyclic) bond motifs is 1. The van der Waals surface area contributed by atoms with Crippen LogP contribution >= 0.6 is 23.1 Å². The van der Waals surface area contributed by atoms with E-state index < -0.39 is 0 Å². The molecule has 4 rings (SSSR count). The second-order valence-corrected chi connectivity index (χ2v) is 8.36. The molecule has 152 valence electrons. The number of hydrogen-bond donors (Lipinski definition) is 0. The first-order valence-electron chi connectivity index (χ1n) is 9.57. The molecule has 0 N–H and O–H groups in total. The number of carbonyl (C=O) groups excluding carboxylic acids is 1. The van der Waals surface area contributed by atoms with Gasteiger partial charge in [-0.1, -0.05) is 23.5 Å². The first kappa shape index (κ1) is 20.4. The lowest BCUT2D eigenvalue weighted by Crippen LogP contribution is -2.30. The Morgan fingerprint density at radius 1 is 1.10 bits per heavy atom. The van der Waals surface area contributed by atoms with Crippen molar-refractivity contribution in [1.82, 2.24) is 9.97 Å². The van der Waals surface area contributed by atoms with Crippen LogP contribution < -0.4 is 9.64 Å². The summed E-state index contributed by atoms with van der Waals surface area (Å²) in [6.07, 6.45) is 3.75. The molecule has 1 amide bonds. The van der Waals surface area contributed by atoms with Crippen LogP contribution in [-0.2, 0) is 6.54 Å². The van der Waals surface area contributed by atoms with Crippen LogP contribution in [0.15, 0.2) is 71.8 Å². The average molecular weight is 436 g/mol. The number of para-hydroxylation sites is 1. The van der Waals surface area contributed by atoms with E-state index in [4.69, 9.17) is 9.72 Å². The van der Waals surface area contributed by atoms with Gasteiger partial charge in [-0.3, -0.25) is 14.7 Å². The number of ether oxygens (including phenoxy) is 1. The molecule has 0 unspecified atom stereocenters. The zero-order valence-corrected chi connectivity index (χ0v) is 18.4. The third-order valence-electron chi connectivity index (χ3n) is 4.53. The number of pyridine rings is 1. The highest BCUT2D eigenvalue weighted by Crippen LogP contribution is 2.35. The number of hydrogen-bond acceptors (Lipinski definition) is 6. The Balaban J connectivity index is 1.75. The van der Waals surface area contributed by atoms with E-state index in [1.165, 1.54) is 11.3 Å². The van der Waals surface area contributed by atoms with Crippen LogP contribution in [0.5, 0.6) is 5.75 Å². The zero-order chi connectivity index (χ0) is 20.9. The lowest BCUT2D eigenvalue weighted by atomic mass is 10.2. The first-order chi connectivity index (χ1) is 14.7. The predicted octanol–water partition coefficient (Wildman–Crippen LogP) is 5.66. The van der Waals surface area contributed by atoms with Gasteiger partial charge in [0.15, 0.2) is 5.13 Å². The number of thioether (sulfide) groups is 1. The van der Waals surface area contributed by atoms with Gasteiger partial charge in [0, 0.05) is 16.7 Å². The van der Waals surface area contributed by atoms with Crippen molar-refractivity contribution in [2.75, 3.05) is 17.8 Å². The van der Waals surface area contributed by atoms with Crippen molar-refractivity contribution in [3.63, 3.8) is 0 Å². The number of nitrogens with zero attached hydrogens (tertiary/aromatic N) is 3. The summed E-state index contributed by atoms with van der Waals surface area (Å²) >= 11 is 3.12. The number of thiazole rings is 1. The minimum absolute atomic E-state index is 0.106. The Morgan fingerprint density at radius 2 is 1.93 bits per heavy atom. The van der Waals surface area contributed by atoms with E-state index in [-0.39, 0.29) is 5.91 Å². The Bertz CT molecular complexity index is 1140. The summed E-state index contributed by atoms with van der Waals surface area (Å²) in [4.78, 5) is 25.4. The van der Waals surface area contributed by atoms with E-state index in [1.807, 2.05) is 73.8 Å². The van der Waals surface area contributed by atoms with Crippen LogP contribution in [0.4, 0.5) is 5.13 Å². The fraction of sp³-hybridized carbons (Fsp3) is 0.174. The molecule has 2 heterocycles. The zero-order valence-electron chi connectivity index (χ0n) is 16.7. The van der Waals surface area contributed by atoms with Crippen LogP contribution in [0, 0.1) is 0 Å². The predicted molar refractivity (Wildman–Crippen MR) is 124 cm³/mol. The molecule has 2 aromatic carbocycles. The van der Waals surface area contributed by atoms with Gasteiger partial charge in [0.2, 0.25) is 0 Å². The number of amides is 1. The normalized spacial score (nSPS) is 10.9. The first-order valence-corrected chi connectivity index (χ1v) is 11.6. The summed E-state index contributed by atoms with van der Waals surface area (Å²) in [5.74, 6) is 0.623. The van der Waals surface area contributed by atoms with Crippen molar-refractivity contribution in [1.29, 1.82) is 0 Å². The molecule has 5 nitrogen and oxygen atoms in total. The number of aromatic nitrogens is 2. The Kier molecular flexibility index (Phi) is 6.30. The van der Waals surface area contributed by atoms with Crippen molar-refractivity contribution < 1.29 is 9.53 Å². The number of rotatable bonds is 7. The molecule has 0 bridgehead atoms. The molecule has 0 aliphatic carbocycles. The van der Waals surface area contributed by atoms with E-state index in [0.717, 1.165) is 26.6 Å². The second-order valence-electron chi connectivity index (χ2n) is 6.47. The third-order valence-corrected chi connectivity index (χ3v) is 6.32. The fourth-order valence-electron chi connectivity index (χ4n) is 3.07. The topological polar surface area (TPSA) is 55.3 Å². The van der Waals surface area contributed by atoms with E-state index in [1.54, 1.807) is 22.9 Å². The summed E-state index contributed by atoms with van der Waals surface area (Å²) in [6, 6.07) is 19.2. The number of carbonyl (C=O) groups is 1. The van der Waals surface area contributed by atoms with Crippen LogP contribution in [0.25, 0.3) is 10.2 Å². The molecule has 4 aromatic rings. The largest absolute Gasteiger partial charge is 0.492 e. The summed E-state index contributed by atoms with van der Waals surface area (Å²) in [5.41, 5.74) is 2.19. The quantitative estimate of drug-likeness (QED) is 0.351. The maximum absolute atomic E-state index is 13.5. The van der Waals surface area contributed by atoms with Crippen LogP contribution in [0.2, 0.25) is 0 Å². The summed E-state index contributed by atoms with van der Waals surface area (Å²) < 4.78 is 6.71. The fourth-order valence-corrected chi connectivity index (χ4v) is 4.46. The van der Waals surface area contributed by atoms with Gasteiger partial charge in [0.05, 0.1) is 23.5 Å². The average Bonchev–Trinajstić information content (AvgIpc) is 3.23. The monoisotopic (exact) mass is 435 g/mol. The molecule has 0 radical (unpaired) electrons. The minimum atomic E-state index is -0.106. The highest BCUT2D eigenvalue weighted by Gasteiger charge is 2.23. The van der Waals surface area contributed by atoms with E-state index in [9.17, 15) is 4.79 Å². The van der Waals surface area contributed by atoms with Crippen molar-refractivity contribution in [2.45, 2.75) is 18.4 Å². The van der Waals surface area contributed by atoms with Crippen LogP contribution in [-0.4, -0.2) is 28.7 Å². The molecule has 0 aliphatic rings. The van der Waals surface area contributed by atoms with Gasteiger partial charge in [-0.2, -0.15) is 0 Å². The summed E-state index contributed by atoms with van der Waals surface area (Å²) in [5, 5.41) is 0.627. The van der Waals surface area contributed by atoms with Gasteiger partial charge in [-0.25, -0.2) is 4.98 Å². The van der Waals surface area contributed by atoms with Gasteiger partial charge in [-0.15, -0.1) is 11.8 Å². The lowest BCUT2D eigenvalue weighted by molar-refractivity contribution is 0.0984. The maximum atomic E-state index is 13.5. The van der Waals surface area contributed by atoms with E-state index in [0.29, 0.717) is 23.8 Å². The standard InChI is InChI=1S/C23H21N3O2S2/c1-3-28-19-8-6-9-20-21(19)25-23(30-20)26(15-17-7-4-5-14-24-17)22(27)16-10-12-18(29-2)13-11-16/h4-14H,3,15H2,1-2H3. The van der Waals surface area contributed by atoms with Gasteiger partial charge in [0.1, 0.15) is 11.3 Å². The maximum Gasteiger partial charge on any atom is 0.260 e. The van der Waals surface area contributed by atoms with Gasteiger partial charge in [-0.05, 0) is 61.7 Å². The van der Waals surface area contributed by atoms with Crippen LogP contribution in [0.1, 0.15) is 23.0 Å². The van der Waals surface area contributed by atoms with Gasteiger partial charge in [0.25, 0.3) is 5.91 Å². The Morgan fingerprint density at radius 3 is 2.63 bits per heavy atom. The summed E-state index contributed by atoms with van der Waals surface area (Å²) in [6.45, 7) is 2.85. The van der Waals surface area contributed by atoms with Gasteiger partial charge >= 0.3 is 0 Å².